The highest BCUT2D eigenvalue weighted by molar-refractivity contribution is 8.18. The first-order chi connectivity index (χ1) is 11.2. The van der Waals surface area contributed by atoms with Crippen LogP contribution in [-0.2, 0) is 4.79 Å². The van der Waals surface area contributed by atoms with Crippen molar-refractivity contribution in [3.63, 3.8) is 0 Å². The average molecular weight is 342 g/mol. The number of fused-ring (bicyclic) bond motifs is 1. The first-order valence-electron chi connectivity index (χ1n) is 8.07. The predicted octanol–water partition coefficient (Wildman–Crippen LogP) is 4.42. The van der Waals surface area contributed by atoms with Crippen molar-refractivity contribution in [1.29, 1.82) is 0 Å². The van der Waals surface area contributed by atoms with E-state index in [1.54, 1.807) is 6.08 Å². The second-order valence-electron chi connectivity index (χ2n) is 7.07. The number of carbonyl (C=O) groups excluding carboxylic acids is 2. The lowest BCUT2D eigenvalue weighted by Gasteiger charge is -2.46. The van der Waals surface area contributed by atoms with Crippen LogP contribution in [-0.4, -0.2) is 22.7 Å². The molecule has 0 atom stereocenters. The zero-order chi connectivity index (χ0) is 17.6. The molecule has 24 heavy (non-hydrogen) atoms. The highest BCUT2D eigenvalue weighted by Gasteiger charge is 2.33. The molecule has 1 N–H and O–H groups in total. The minimum Gasteiger partial charge on any atom is -0.360 e. The zero-order valence-corrected chi connectivity index (χ0v) is 15.5. The molecule has 3 rings (SSSR count). The van der Waals surface area contributed by atoms with Crippen LogP contribution in [0, 0.1) is 0 Å². The Kier molecular flexibility index (Phi) is 4.08. The van der Waals surface area contributed by atoms with Crippen LogP contribution in [0.3, 0.4) is 0 Å². The number of hydrogen-bond acceptors (Lipinski definition) is 4. The Morgan fingerprint density at radius 2 is 1.96 bits per heavy atom. The quantitative estimate of drug-likeness (QED) is 0.808. The summed E-state index contributed by atoms with van der Waals surface area (Å²) in [7, 11) is 0. The molecule has 0 unspecified atom stereocenters. The number of hydrogen-bond donors (Lipinski definition) is 1. The highest BCUT2D eigenvalue weighted by Crippen LogP contribution is 2.41. The Hall–Kier alpha value is -2.01. The van der Waals surface area contributed by atoms with Crippen molar-refractivity contribution in [1.82, 2.24) is 5.32 Å². The van der Waals surface area contributed by atoms with E-state index in [9.17, 15) is 9.59 Å². The third-order valence-electron chi connectivity index (χ3n) is 4.35. The average Bonchev–Trinajstić information content (AvgIpc) is 2.76. The summed E-state index contributed by atoms with van der Waals surface area (Å²) in [5.41, 5.74) is 4.49. The molecule has 0 saturated carbocycles. The minimum absolute atomic E-state index is 0.0428. The second kappa shape index (κ2) is 5.81. The Balaban J connectivity index is 2.06. The normalized spacial score (nSPS) is 21.2. The van der Waals surface area contributed by atoms with Gasteiger partial charge in [-0.15, -0.1) is 0 Å². The van der Waals surface area contributed by atoms with E-state index in [1.807, 2.05) is 6.07 Å². The predicted molar refractivity (Wildman–Crippen MR) is 101 cm³/mol. The molecular formula is C19H22N2O2S. The van der Waals surface area contributed by atoms with Crippen molar-refractivity contribution in [3.8, 4) is 0 Å². The molecule has 2 aliphatic heterocycles. The van der Waals surface area contributed by atoms with Gasteiger partial charge >= 0.3 is 0 Å². The summed E-state index contributed by atoms with van der Waals surface area (Å²) in [6.45, 7) is 11.0. The van der Waals surface area contributed by atoms with Crippen molar-refractivity contribution in [3.05, 3.63) is 40.3 Å². The van der Waals surface area contributed by atoms with Crippen LogP contribution < -0.4 is 10.2 Å². The van der Waals surface area contributed by atoms with E-state index in [-0.39, 0.29) is 16.7 Å². The van der Waals surface area contributed by atoms with Crippen molar-refractivity contribution in [2.45, 2.75) is 46.2 Å². The highest BCUT2D eigenvalue weighted by atomic mass is 32.2. The van der Waals surface area contributed by atoms with Crippen LogP contribution >= 0.6 is 11.8 Å². The van der Waals surface area contributed by atoms with Crippen LogP contribution in [0.25, 0.3) is 11.6 Å². The number of rotatable bonds is 2. The molecule has 2 heterocycles. The molecule has 1 fully saturated rings. The molecule has 1 aromatic rings. The smallest absolute Gasteiger partial charge is 0.290 e. The van der Waals surface area contributed by atoms with Gasteiger partial charge in [0.05, 0.1) is 10.4 Å². The summed E-state index contributed by atoms with van der Waals surface area (Å²) in [4.78, 5) is 25.9. The molecule has 0 bridgehead atoms. The molecule has 0 aromatic heterocycles. The Morgan fingerprint density at radius 3 is 2.54 bits per heavy atom. The maximum Gasteiger partial charge on any atom is 0.290 e. The maximum absolute atomic E-state index is 11.7. The van der Waals surface area contributed by atoms with Gasteiger partial charge in [-0.1, -0.05) is 12.1 Å². The van der Waals surface area contributed by atoms with Gasteiger partial charge in [0, 0.05) is 17.3 Å². The molecule has 0 radical (unpaired) electrons. The third kappa shape index (κ3) is 2.88. The van der Waals surface area contributed by atoms with Crippen LogP contribution in [0.1, 0.15) is 45.7 Å². The van der Waals surface area contributed by atoms with E-state index in [0.29, 0.717) is 10.9 Å². The van der Waals surface area contributed by atoms with Gasteiger partial charge in [0.2, 0.25) is 0 Å². The first-order valence-corrected chi connectivity index (χ1v) is 8.89. The summed E-state index contributed by atoms with van der Waals surface area (Å²) in [6.07, 6.45) is 4.06. The topological polar surface area (TPSA) is 49.4 Å². The number of thioether (sulfide) groups is 1. The van der Waals surface area contributed by atoms with Crippen LogP contribution in [0.15, 0.2) is 29.2 Å². The molecule has 5 heteroatoms. The molecule has 2 amide bonds. The van der Waals surface area contributed by atoms with E-state index in [2.05, 4.69) is 63.0 Å². The van der Waals surface area contributed by atoms with E-state index < -0.39 is 0 Å². The molecule has 1 saturated heterocycles. The Bertz CT molecular complexity index is 791. The number of anilines is 1. The van der Waals surface area contributed by atoms with Crippen LogP contribution in [0.2, 0.25) is 0 Å². The lowest BCUT2D eigenvalue weighted by Crippen LogP contribution is -2.49. The van der Waals surface area contributed by atoms with E-state index in [4.69, 9.17) is 0 Å². The number of carbonyl (C=O) groups is 2. The number of nitrogens with one attached hydrogen (secondary N) is 1. The summed E-state index contributed by atoms with van der Waals surface area (Å²) in [5, 5.41) is 1.98. The minimum atomic E-state index is -0.320. The number of amides is 2. The number of benzene rings is 1. The fourth-order valence-electron chi connectivity index (χ4n) is 3.67. The molecule has 126 valence electrons. The largest absolute Gasteiger partial charge is 0.360 e. The fraction of sp³-hybridized carbons (Fsp3) is 0.368. The molecule has 0 spiro atoms. The SMILES string of the molecule is CC1=CC(C)(C)N(C(C)C)c2ccc(/C=C3/SC(=O)NC3=O)cc21. The number of allylic oxidation sites excluding steroid dienone is 1. The second-order valence-corrected chi connectivity index (χ2v) is 8.09. The molecule has 4 nitrogen and oxygen atoms in total. The zero-order valence-electron chi connectivity index (χ0n) is 14.6. The van der Waals surface area contributed by atoms with Crippen molar-refractivity contribution >= 4 is 40.2 Å². The standard InChI is InChI=1S/C19H22N2O2S/c1-11(2)21-15-7-6-13(9-16-17(22)20-18(23)24-16)8-14(15)12(3)10-19(21,4)5/h6-11H,1-5H3,(H,20,22,23)/b16-9+. The Labute approximate surface area is 147 Å². The first kappa shape index (κ1) is 16.8. The van der Waals surface area contributed by atoms with Crippen molar-refractivity contribution in [2.75, 3.05) is 4.90 Å². The van der Waals surface area contributed by atoms with Gasteiger partial charge in [0.25, 0.3) is 11.1 Å². The third-order valence-corrected chi connectivity index (χ3v) is 5.16. The van der Waals surface area contributed by atoms with E-state index >= 15 is 0 Å². The van der Waals surface area contributed by atoms with E-state index in [1.165, 1.54) is 16.8 Å². The van der Waals surface area contributed by atoms with Gasteiger partial charge in [-0.3, -0.25) is 14.9 Å². The van der Waals surface area contributed by atoms with Gasteiger partial charge < -0.3 is 4.90 Å². The summed E-state index contributed by atoms with van der Waals surface area (Å²) >= 11 is 0.948. The lowest BCUT2D eigenvalue weighted by molar-refractivity contribution is -0.115. The van der Waals surface area contributed by atoms with Crippen LogP contribution in [0.5, 0.6) is 0 Å². The van der Waals surface area contributed by atoms with Gasteiger partial charge in [0.1, 0.15) is 0 Å². The fourth-order valence-corrected chi connectivity index (χ4v) is 4.36. The lowest BCUT2D eigenvalue weighted by atomic mass is 9.87. The molecule has 0 aliphatic carbocycles. The van der Waals surface area contributed by atoms with Crippen molar-refractivity contribution in [2.24, 2.45) is 0 Å². The summed E-state index contributed by atoms with van der Waals surface area (Å²) < 4.78 is 0. The van der Waals surface area contributed by atoms with Gasteiger partial charge in [0.15, 0.2) is 0 Å². The molecular weight excluding hydrogens is 320 g/mol. The number of nitrogens with zero attached hydrogens (tertiary/aromatic N) is 1. The summed E-state index contributed by atoms with van der Waals surface area (Å²) in [5.74, 6) is -0.320. The van der Waals surface area contributed by atoms with Crippen LogP contribution in [0.4, 0.5) is 10.5 Å². The molecule has 2 aliphatic rings. The van der Waals surface area contributed by atoms with Crippen molar-refractivity contribution < 1.29 is 9.59 Å². The van der Waals surface area contributed by atoms with Gasteiger partial charge in [-0.05, 0) is 75.7 Å². The Morgan fingerprint density at radius 1 is 1.25 bits per heavy atom. The monoisotopic (exact) mass is 342 g/mol. The summed E-state index contributed by atoms with van der Waals surface area (Å²) in [6, 6.07) is 6.59. The van der Waals surface area contributed by atoms with Gasteiger partial charge in [-0.25, -0.2) is 0 Å². The number of imide groups is 1. The molecule has 1 aromatic carbocycles. The van der Waals surface area contributed by atoms with E-state index in [0.717, 1.165) is 17.3 Å². The van der Waals surface area contributed by atoms with Gasteiger partial charge in [-0.2, -0.15) is 0 Å². The maximum atomic E-state index is 11.7.